The summed E-state index contributed by atoms with van der Waals surface area (Å²) in [5.41, 5.74) is 2.94. The number of aliphatic imine (C=N–C) groups is 1. The molecule has 38 heavy (non-hydrogen) atoms. The summed E-state index contributed by atoms with van der Waals surface area (Å²) in [4.78, 5) is 8.17. The van der Waals surface area contributed by atoms with Gasteiger partial charge in [0.25, 0.3) is 0 Å². The summed E-state index contributed by atoms with van der Waals surface area (Å²) in [6.07, 6.45) is 24.6. The first kappa shape index (κ1) is 31.9. The largest absolute Gasteiger partial charge is 0.363 e. The molecule has 1 aliphatic carbocycles. The van der Waals surface area contributed by atoms with E-state index in [4.69, 9.17) is 4.99 Å². The molecule has 1 spiro atoms. The Morgan fingerprint density at radius 2 is 1.66 bits per heavy atom. The Morgan fingerprint density at radius 3 is 2.34 bits per heavy atom. The van der Waals surface area contributed by atoms with Crippen LogP contribution in [0.15, 0.2) is 39.9 Å². The minimum Gasteiger partial charge on any atom is -0.363 e. The molecule has 6 atom stereocenters. The summed E-state index contributed by atoms with van der Waals surface area (Å²) in [5, 5.41) is 1.48. The van der Waals surface area contributed by atoms with Crippen molar-refractivity contribution in [2.75, 3.05) is 18.1 Å². The van der Waals surface area contributed by atoms with Gasteiger partial charge in [0.2, 0.25) is 0 Å². The van der Waals surface area contributed by atoms with Crippen LogP contribution in [0.3, 0.4) is 0 Å². The molecule has 0 radical (unpaired) electrons. The number of thioether (sulfide) groups is 2. The molecule has 2 nitrogen and oxygen atoms in total. The molecule has 0 aromatic carbocycles. The van der Waals surface area contributed by atoms with Gasteiger partial charge in [0.1, 0.15) is 4.87 Å². The van der Waals surface area contributed by atoms with Crippen molar-refractivity contribution < 1.29 is 0 Å². The van der Waals surface area contributed by atoms with Crippen molar-refractivity contribution in [3.05, 3.63) is 34.9 Å². The first-order valence-electron chi connectivity index (χ1n) is 16.1. The van der Waals surface area contributed by atoms with E-state index in [1.165, 1.54) is 93.7 Å². The maximum atomic E-state index is 5.46. The molecule has 2 heterocycles. The summed E-state index contributed by atoms with van der Waals surface area (Å²) in [7, 11) is 0. The lowest BCUT2D eigenvalue weighted by molar-refractivity contribution is 0.217. The quantitative estimate of drug-likeness (QED) is 0.197. The molecule has 3 rings (SSSR count). The lowest BCUT2D eigenvalue weighted by Gasteiger charge is -2.41. The van der Waals surface area contributed by atoms with E-state index in [0.29, 0.717) is 29.7 Å². The highest BCUT2D eigenvalue weighted by molar-refractivity contribution is 8.03. The second-order valence-corrected chi connectivity index (χ2v) is 14.6. The second-order valence-electron chi connectivity index (χ2n) is 12.3. The maximum Gasteiger partial charge on any atom is 0.112 e. The van der Waals surface area contributed by atoms with Gasteiger partial charge in [-0.25, -0.2) is 0 Å². The Hall–Kier alpha value is -0.610. The predicted molar refractivity (Wildman–Crippen MR) is 175 cm³/mol. The van der Waals surface area contributed by atoms with Crippen LogP contribution in [0.5, 0.6) is 0 Å². The summed E-state index contributed by atoms with van der Waals surface area (Å²) < 4.78 is 0. The van der Waals surface area contributed by atoms with Crippen LogP contribution in [-0.2, 0) is 0 Å². The van der Waals surface area contributed by atoms with Crippen molar-refractivity contribution in [1.82, 2.24) is 4.90 Å². The number of unbranched alkanes of at least 4 members (excludes halogenated alkanes) is 6. The molecule has 216 valence electrons. The van der Waals surface area contributed by atoms with Crippen molar-refractivity contribution in [3.63, 3.8) is 0 Å². The molecule has 0 saturated carbocycles. The molecule has 1 fully saturated rings. The Bertz CT molecular complexity index is 843. The monoisotopic (exact) mass is 558 g/mol. The van der Waals surface area contributed by atoms with Crippen LogP contribution in [0, 0.1) is 23.7 Å². The zero-order valence-corrected chi connectivity index (χ0v) is 27.4. The summed E-state index contributed by atoms with van der Waals surface area (Å²) in [6, 6.07) is 0.653. The average Bonchev–Trinajstić information content (AvgIpc) is 3.46. The first-order valence-corrected chi connectivity index (χ1v) is 18.0. The van der Waals surface area contributed by atoms with E-state index in [1.807, 2.05) is 0 Å². The normalized spacial score (nSPS) is 33.0. The van der Waals surface area contributed by atoms with E-state index in [9.17, 15) is 0 Å². The van der Waals surface area contributed by atoms with Crippen LogP contribution >= 0.6 is 23.5 Å². The molecule has 4 heteroatoms. The lowest BCUT2D eigenvalue weighted by Crippen LogP contribution is -2.41. The van der Waals surface area contributed by atoms with Gasteiger partial charge in [-0.15, -0.1) is 23.5 Å². The van der Waals surface area contributed by atoms with Crippen LogP contribution < -0.4 is 0 Å². The molecule has 0 aromatic rings. The summed E-state index contributed by atoms with van der Waals surface area (Å²) in [5.74, 6) is 4.67. The van der Waals surface area contributed by atoms with E-state index in [2.05, 4.69) is 101 Å². The standard InChI is InChI=1S/C34H58N2S2/c1-8-11-14-15-16-22-36-27(5)25-37-33(36)21-17-19-31-23-30(18-12-9-2)28(6)34(35-26(4)24-38-34)29(7)32(31)20-13-10-3/h17,19,21,23,27-30,32H,8-16,18,20,22,24-25H2,1-7H3. The van der Waals surface area contributed by atoms with Crippen molar-refractivity contribution >= 4 is 29.2 Å². The Balaban J connectivity index is 1.85. The van der Waals surface area contributed by atoms with Crippen LogP contribution in [0.1, 0.15) is 119 Å². The van der Waals surface area contributed by atoms with Gasteiger partial charge in [-0.1, -0.05) is 104 Å². The smallest absolute Gasteiger partial charge is 0.112 e. The van der Waals surface area contributed by atoms with Crippen molar-refractivity contribution in [2.45, 2.75) is 130 Å². The number of hydrogen-bond acceptors (Lipinski definition) is 4. The lowest BCUT2D eigenvalue weighted by atomic mass is 9.76. The molecular formula is C34H58N2S2. The fraction of sp³-hybridized carbons (Fsp3) is 0.794. The van der Waals surface area contributed by atoms with E-state index in [-0.39, 0.29) is 4.87 Å². The maximum absolute atomic E-state index is 5.46. The van der Waals surface area contributed by atoms with Gasteiger partial charge in [-0.05, 0) is 68.4 Å². The van der Waals surface area contributed by atoms with Gasteiger partial charge in [-0.2, -0.15) is 0 Å². The number of nitrogens with zero attached hydrogens (tertiary/aromatic N) is 2. The van der Waals surface area contributed by atoms with E-state index in [0.717, 1.165) is 5.75 Å². The van der Waals surface area contributed by atoms with Gasteiger partial charge in [0.05, 0.1) is 5.03 Å². The van der Waals surface area contributed by atoms with Crippen LogP contribution in [-0.4, -0.2) is 39.6 Å². The van der Waals surface area contributed by atoms with Gasteiger partial charge >= 0.3 is 0 Å². The van der Waals surface area contributed by atoms with Crippen LogP contribution in [0.25, 0.3) is 0 Å². The first-order chi connectivity index (χ1) is 18.4. The Morgan fingerprint density at radius 1 is 0.947 bits per heavy atom. The third-order valence-electron chi connectivity index (χ3n) is 9.34. The molecule has 0 bridgehead atoms. The fourth-order valence-electron chi connectivity index (χ4n) is 6.85. The SMILES string of the molecule is CCCCCCCN1C(=CC=CC2=CC(CCCC)C(C)C3(N=C(C)CS3)C(C)C2CCCC)SCC1C. The Labute approximate surface area is 245 Å². The number of hydrogen-bond donors (Lipinski definition) is 0. The molecule has 1 saturated heterocycles. The summed E-state index contributed by atoms with van der Waals surface area (Å²) in [6.45, 7) is 17.9. The molecule has 6 unspecified atom stereocenters. The zero-order valence-electron chi connectivity index (χ0n) is 25.8. The van der Waals surface area contributed by atoms with Gasteiger partial charge in [0.15, 0.2) is 0 Å². The minimum atomic E-state index is 0.0385. The molecule has 0 N–H and O–H groups in total. The molecule has 3 aliphatic rings. The third kappa shape index (κ3) is 7.99. The van der Waals surface area contributed by atoms with Crippen LogP contribution in [0.2, 0.25) is 0 Å². The topological polar surface area (TPSA) is 15.6 Å². The second kappa shape index (κ2) is 16.0. The number of allylic oxidation sites excluding steroid dienone is 5. The minimum absolute atomic E-state index is 0.0385. The fourth-order valence-corrected chi connectivity index (χ4v) is 9.65. The van der Waals surface area contributed by atoms with Gasteiger partial charge in [-0.3, -0.25) is 4.99 Å². The van der Waals surface area contributed by atoms with E-state index < -0.39 is 0 Å². The highest BCUT2D eigenvalue weighted by Crippen LogP contribution is 2.55. The van der Waals surface area contributed by atoms with Crippen molar-refractivity contribution in [1.29, 1.82) is 0 Å². The van der Waals surface area contributed by atoms with Gasteiger partial charge in [0, 0.05) is 29.8 Å². The molecule has 2 aliphatic heterocycles. The Kier molecular flexibility index (Phi) is 13.4. The predicted octanol–water partition coefficient (Wildman–Crippen LogP) is 10.5. The highest BCUT2D eigenvalue weighted by atomic mass is 32.2. The van der Waals surface area contributed by atoms with Gasteiger partial charge < -0.3 is 4.90 Å². The highest BCUT2D eigenvalue weighted by Gasteiger charge is 2.51. The summed E-state index contributed by atoms with van der Waals surface area (Å²) >= 11 is 4.21. The van der Waals surface area contributed by atoms with Crippen molar-refractivity contribution in [3.8, 4) is 0 Å². The molecular weight excluding hydrogens is 501 g/mol. The zero-order chi connectivity index (χ0) is 27.5. The molecule has 0 amide bonds. The number of rotatable bonds is 14. The van der Waals surface area contributed by atoms with Crippen molar-refractivity contribution in [2.24, 2.45) is 28.7 Å². The third-order valence-corrected chi connectivity index (χ3v) is 12.5. The molecule has 0 aromatic heterocycles. The van der Waals surface area contributed by atoms with E-state index in [1.54, 1.807) is 5.57 Å². The van der Waals surface area contributed by atoms with E-state index >= 15 is 0 Å². The van der Waals surface area contributed by atoms with Crippen LogP contribution in [0.4, 0.5) is 0 Å². The average molecular weight is 559 g/mol.